The topological polar surface area (TPSA) is 55.1 Å². The standard InChI is InChI=1S/C10H7F7N2O/c11-7(12)9(13,14)8(20)19-6-2-1-4(18)3-5(6)10(15,16)17/h1-3,7H,18H2,(H,19,20). The number of carbonyl (C=O) groups is 1. The Morgan fingerprint density at radius 3 is 2.15 bits per heavy atom. The zero-order valence-corrected chi connectivity index (χ0v) is 9.44. The van der Waals surface area contributed by atoms with Gasteiger partial charge >= 0.3 is 24.4 Å². The Kier molecular flexibility index (Phi) is 4.15. The smallest absolute Gasteiger partial charge is 0.399 e. The highest BCUT2D eigenvalue weighted by atomic mass is 19.4. The molecule has 3 nitrogen and oxygen atoms in total. The number of nitrogen functional groups attached to an aromatic ring is 1. The Labute approximate surface area is 107 Å². The molecule has 20 heavy (non-hydrogen) atoms. The minimum atomic E-state index is -5.11. The number of hydrogen-bond acceptors (Lipinski definition) is 2. The maximum atomic E-state index is 12.7. The van der Waals surface area contributed by atoms with Gasteiger partial charge in [-0.2, -0.15) is 22.0 Å². The first kappa shape index (κ1) is 16.1. The lowest BCUT2D eigenvalue weighted by atomic mass is 10.1. The Morgan fingerprint density at radius 2 is 1.70 bits per heavy atom. The van der Waals surface area contributed by atoms with Crippen molar-refractivity contribution in [3.63, 3.8) is 0 Å². The van der Waals surface area contributed by atoms with Gasteiger partial charge in [0.05, 0.1) is 11.3 Å². The number of amides is 1. The first-order chi connectivity index (χ1) is 8.96. The van der Waals surface area contributed by atoms with Gasteiger partial charge in [0.2, 0.25) is 0 Å². The minimum absolute atomic E-state index is 0.337. The third-order valence-corrected chi connectivity index (χ3v) is 2.17. The third-order valence-electron chi connectivity index (χ3n) is 2.17. The molecule has 10 heteroatoms. The van der Waals surface area contributed by atoms with Gasteiger partial charge in [0.1, 0.15) is 0 Å². The molecule has 0 aromatic heterocycles. The van der Waals surface area contributed by atoms with Crippen LogP contribution in [0.5, 0.6) is 0 Å². The summed E-state index contributed by atoms with van der Waals surface area (Å²) in [5.41, 5.74) is 2.17. The molecule has 0 unspecified atom stereocenters. The number of halogens is 7. The van der Waals surface area contributed by atoms with Crippen LogP contribution in [0.4, 0.5) is 42.1 Å². The van der Waals surface area contributed by atoms with Crippen LogP contribution in [0.15, 0.2) is 18.2 Å². The van der Waals surface area contributed by atoms with Crippen LogP contribution in [0.25, 0.3) is 0 Å². The summed E-state index contributed by atoms with van der Waals surface area (Å²) >= 11 is 0. The molecule has 0 aliphatic carbocycles. The highest BCUT2D eigenvalue weighted by molar-refractivity contribution is 5.97. The predicted octanol–water partition coefficient (Wildman–Crippen LogP) is 3.13. The van der Waals surface area contributed by atoms with E-state index < -0.39 is 35.7 Å². The Hall–Kier alpha value is -2.00. The number of carbonyl (C=O) groups excluding carboxylic acids is 1. The minimum Gasteiger partial charge on any atom is -0.399 e. The second-order valence-corrected chi connectivity index (χ2v) is 3.68. The molecular weight excluding hydrogens is 297 g/mol. The monoisotopic (exact) mass is 304 g/mol. The average molecular weight is 304 g/mol. The van der Waals surface area contributed by atoms with Gasteiger partial charge in [-0.15, -0.1) is 0 Å². The van der Waals surface area contributed by atoms with E-state index >= 15 is 0 Å². The van der Waals surface area contributed by atoms with Crippen molar-refractivity contribution in [2.24, 2.45) is 0 Å². The van der Waals surface area contributed by atoms with E-state index in [1.165, 1.54) is 0 Å². The normalized spacial score (nSPS) is 12.6. The van der Waals surface area contributed by atoms with E-state index in [1.54, 1.807) is 0 Å². The van der Waals surface area contributed by atoms with Gasteiger partial charge in [0.25, 0.3) is 0 Å². The lowest BCUT2D eigenvalue weighted by Gasteiger charge is -2.18. The van der Waals surface area contributed by atoms with Crippen molar-refractivity contribution in [2.75, 3.05) is 11.1 Å². The largest absolute Gasteiger partial charge is 0.418 e. The summed E-state index contributed by atoms with van der Waals surface area (Å²) in [6.45, 7) is 0. The molecule has 3 N–H and O–H groups in total. The Balaban J connectivity index is 3.14. The van der Waals surface area contributed by atoms with Gasteiger partial charge in [-0.05, 0) is 18.2 Å². The summed E-state index contributed by atoms with van der Waals surface area (Å²) < 4.78 is 86.9. The highest BCUT2D eigenvalue weighted by Crippen LogP contribution is 2.37. The van der Waals surface area contributed by atoms with E-state index in [2.05, 4.69) is 0 Å². The number of hydrogen-bond donors (Lipinski definition) is 2. The fourth-order valence-electron chi connectivity index (χ4n) is 1.21. The van der Waals surface area contributed by atoms with E-state index in [0.717, 1.165) is 11.4 Å². The zero-order valence-electron chi connectivity index (χ0n) is 9.44. The number of rotatable bonds is 3. The molecule has 1 aromatic rings. The zero-order chi connectivity index (χ0) is 15.7. The molecule has 0 spiro atoms. The molecule has 0 aliphatic rings. The number of alkyl halides is 7. The lowest BCUT2D eigenvalue weighted by molar-refractivity contribution is -0.163. The van der Waals surface area contributed by atoms with Crippen LogP contribution in [0, 0.1) is 0 Å². The van der Waals surface area contributed by atoms with Crippen molar-refractivity contribution in [1.29, 1.82) is 0 Å². The first-order valence-corrected chi connectivity index (χ1v) is 4.90. The van der Waals surface area contributed by atoms with Crippen molar-refractivity contribution < 1.29 is 35.5 Å². The van der Waals surface area contributed by atoms with Crippen LogP contribution in [0.3, 0.4) is 0 Å². The fraction of sp³-hybridized carbons (Fsp3) is 0.300. The van der Waals surface area contributed by atoms with E-state index in [-0.39, 0.29) is 5.69 Å². The molecule has 1 rings (SSSR count). The summed E-state index contributed by atoms with van der Waals surface area (Å²) in [6, 6.07) is 1.87. The second kappa shape index (κ2) is 5.17. The molecule has 1 aromatic carbocycles. The van der Waals surface area contributed by atoms with Gasteiger partial charge in [-0.1, -0.05) is 0 Å². The van der Waals surface area contributed by atoms with Gasteiger partial charge in [-0.25, -0.2) is 8.78 Å². The third kappa shape index (κ3) is 3.31. The molecule has 0 radical (unpaired) electrons. The second-order valence-electron chi connectivity index (χ2n) is 3.68. The van der Waals surface area contributed by atoms with E-state index in [0.29, 0.717) is 12.1 Å². The fourth-order valence-corrected chi connectivity index (χ4v) is 1.21. The van der Waals surface area contributed by atoms with Crippen molar-refractivity contribution in [1.82, 2.24) is 0 Å². The number of nitrogens with two attached hydrogens (primary N) is 1. The summed E-state index contributed by atoms with van der Waals surface area (Å²) in [7, 11) is 0. The molecule has 0 aliphatic heterocycles. The summed E-state index contributed by atoms with van der Waals surface area (Å²) in [5.74, 6) is -7.65. The van der Waals surface area contributed by atoms with Crippen LogP contribution >= 0.6 is 0 Å². The van der Waals surface area contributed by atoms with E-state index in [1.807, 2.05) is 0 Å². The maximum absolute atomic E-state index is 12.7. The van der Waals surface area contributed by atoms with Crippen LogP contribution in [0.2, 0.25) is 0 Å². The summed E-state index contributed by atoms with van der Waals surface area (Å²) in [5, 5.41) is 1.12. The van der Waals surface area contributed by atoms with Crippen LogP contribution in [0.1, 0.15) is 5.56 Å². The first-order valence-electron chi connectivity index (χ1n) is 4.90. The van der Waals surface area contributed by atoms with Crippen molar-refractivity contribution >= 4 is 17.3 Å². The number of anilines is 2. The quantitative estimate of drug-likeness (QED) is 0.666. The van der Waals surface area contributed by atoms with Crippen molar-refractivity contribution in [2.45, 2.75) is 18.5 Å². The van der Waals surface area contributed by atoms with Gasteiger partial charge in [0.15, 0.2) is 0 Å². The van der Waals surface area contributed by atoms with Crippen molar-refractivity contribution in [3.8, 4) is 0 Å². The SMILES string of the molecule is Nc1ccc(NC(=O)C(F)(F)C(F)F)c(C(F)(F)F)c1. The molecule has 0 fully saturated rings. The molecule has 0 atom stereocenters. The van der Waals surface area contributed by atoms with Crippen LogP contribution in [-0.2, 0) is 11.0 Å². The summed E-state index contributed by atoms with van der Waals surface area (Å²) in [4.78, 5) is 10.9. The van der Waals surface area contributed by atoms with Gasteiger partial charge in [0, 0.05) is 5.69 Å². The van der Waals surface area contributed by atoms with Crippen LogP contribution in [-0.4, -0.2) is 18.3 Å². The molecular formula is C10H7F7N2O. The van der Waals surface area contributed by atoms with E-state index in [4.69, 9.17) is 5.73 Å². The predicted molar refractivity (Wildman–Crippen MR) is 55.4 cm³/mol. The van der Waals surface area contributed by atoms with Crippen molar-refractivity contribution in [3.05, 3.63) is 23.8 Å². The Bertz CT molecular complexity index is 513. The lowest BCUT2D eigenvalue weighted by Crippen LogP contribution is -2.41. The molecule has 0 heterocycles. The molecule has 1 amide bonds. The number of nitrogens with one attached hydrogen (secondary N) is 1. The molecule has 0 saturated carbocycles. The molecule has 0 bridgehead atoms. The van der Waals surface area contributed by atoms with Gasteiger partial charge < -0.3 is 11.1 Å². The average Bonchev–Trinajstić information content (AvgIpc) is 2.29. The molecule has 112 valence electrons. The number of benzene rings is 1. The highest BCUT2D eigenvalue weighted by Gasteiger charge is 2.49. The van der Waals surface area contributed by atoms with E-state index in [9.17, 15) is 35.5 Å². The maximum Gasteiger partial charge on any atom is 0.418 e. The Morgan fingerprint density at radius 1 is 1.15 bits per heavy atom. The summed E-state index contributed by atoms with van der Waals surface area (Å²) in [6.07, 6.45) is -9.34. The molecule has 0 saturated heterocycles. The van der Waals surface area contributed by atoms with Crippen LogP contribution < -0.4 is 11.1 Å². The van der Waals surface area contributed by atoms with Gasteiger partial charge in [-0.3, -0.25) is 4.79 Å².